The summed E-state index contributed by atoms with van der Waals surface area (Å²) in [5.74, 6) is -1.30. The molecule has 1 heterocycles. The second kappa shape index (κ2) is 13.0. The number of halogens is 1. The van der Waals surface area contributed by atoms with Crippen LogP contribution >= 0.6 is 11.6 Å². The molecule has 0 saturated heterocycles. The van der Waals surface area contributed by atoms with Gasteiger partial charge in [0.1, 0.15) is 17.4 Å². The van der Waals surface area contributed by atoms with Crippen molar-refractivity contribution in [3.63, 3.8) is 0 Å². The van der Waals surface area contributed by atoms with Crippen molar-refractivity contribution in [2.24, 2.45) is 11.7 Å². The van der Waals surface area contributed by atoms with Gasteiger partial charge in [0, 0.05) is 22.2 Å². The van der Waals surface area contributed by atoms with Gasteiger partial charge in [-0.2, -0.15) is 0 Å². The number of alkyl carbamates (subject to hydrolysis) is 1. The molecule has 1 aliphatic carbocycles. The van der Waals surface area contributed by atoms with Crippen LogP contribution in [0.1, 0.15) is 79.7 Å². The number of carbonyl (C=O) groups excluding carboxylic acids is 4. The number of carbonyl (C=O) groups is 4. The molecule has 3 aromatic carbocycles. The van der Waals surface area contributed by atoms with Crippen LogP contribution in [0.4, 0.5) is 4.79 Å². The Morgan fingerprint density at radius 1 is 1.00 bits per heavy atom. The lowest BCUT2D eigenvalue weighted by atomic mass is 10.0. The largest absolute Gasteiger partial charge is 0.485 e. The predicted octanol–water partition coefficient (Wildman–Crippen LogP) is 6.74. The van der Waals surface area contributed by atoms with E-state index in [9.17, 15) is 19.2 Å². The molecular weight excluding hydrogens is 610 g/mol. The number of primary amides is 1. The number of rotatable bonds is 11. The Morgan fingerprint density at radius 3 is 2.39 bits per heavy atom. The summed E-state index contributed by atoms with van der Waals surface area (Å²) in [6.45, 7) is 8.25. The van der Waals surface area contributed by atoms with Gasteiger partial charge in [0.15, 0.2) is 13.3 Å². The van der Waals surface area contributed by atoms with Crippen LogP contribution in [-0.2, 0) is 21.0 Å². The summed E-state index contributed by atoms with van der Waals surface area (Å²) in [5.41, 5.74) is 7.26. The van der Waals surface area contributed by atoms with Crippen LogP contribution in [0.5, 0.6) is 5.75 Å². The summed E-state index contributed by atoms with van der Waals surface area (Å²) in [4.78, 5) is 51.3. The first-order valence-corrected chi connectivity index (χ1v) is 15.6. The molecule has 46 heavy (non-hydrogen) atoms. The molecule has 242 valence electrons. The maximum absolute atomic E-state index is 13.6. The van der Waals surface area contributed by atoms with E-state index < -0.39 is 29.6 Å². The predicted molar refractivity (Wildman–Crippen MR) is 175 cm³/mol. The summed E-state index contributed by atoms with van der Waals surface area (Å²) in [5, 5.41) is 5.27. The first kappa shape index (κ1) is 32.8. The van der Waals surface area contributed by atoms with E-state index >= 15 is 0 Å². The van der Waals surface area contributed by atoms with Gasteiger partial charge in [0.05, 0.1) is 11.1 Å². The average molecular weight is 648 g/mol. The van der Waals surface area contributed by atoms with Crippen molar-refractivity contribution in [1.29, 1.82) is 0 Å². The van der Waals surface area contributed by atoms with Crippen LogP contribution < -0.4 is 15.8 Å². The molecule has 1 atom stereocenters. The summed E-state index contributed by atoms with van der Waals surface area (Å²) in [6, 6.07) is 13.4. The quantitative estimate of drug-likeness (QED) is 0.136. The minimum absolute atomic E-state index is 0.130. The minimum Gasteiger partial charge on any atom is -0.485 e. The molecule has 1 aliphatic rings. The summed E-state index contributed by atoms with van der Waals surface area (Å²) in [7, 11) is 0. The number of hydrogen-bond acceptors (Lipinski definition) is 7. The average Bonchev–Trinajstić information content (AvgIpc) is 3.77. The Morgan fingerprint density at radius 2 is 1.74 bits per heavy atom. The Balaban J connectivity index is 1.37. The Kier molecular flexibility index (Phi) is 9.30. The maximum Gasteiger partial charge on any atom is 0.408 e. The molecule has 5 rings (SSSR count). The normalized spacial score (nSPS) is 13.9. The standard InChI is InChI=1S/C35H38ClN3O7/c1-19(2)31(38-34(43)46-35(3,4)5)33(42)45-18-39-16-27(25-11-9-21(14-28(25)39)20-6-7-20)29(40)17-44-30-15-22-8-10-24(36)12-23(22)13-26(30)32(37)41/h8-16,19-20,31H,6-7,17-18H2,1-5H3,(H2,37,41)(H,38,43)/t31-/m0/s1. The highest BCUT2D eigenvalue weighted by Gasteiger charge is 2.29. The lowest BCUT2D eigenvalue weighted by Gasteiger charge is -2.24. The number of hydrogen-bond donors (Lipinski definition) is 2. The van der Waals surface area contributed by atoms with E-state index in [1.807, 2.05) is 18.2 Å². The molecule has 0 aliphatic heterocycles. The summed E-state index contributed by atoms with van der Waals surface area (Å²) < 4.78 is 18.6. The SMILES string of the molecule is CC(C)[C@H](NC(=O)OC(C)(C)C)C(=O)OCn1cc(C(=O)COc2cc3ccc(Cl)cc3cc2C(N)=O)c2ccc(C3CC3)cc21. The second-order valence-electron chi connectivity index (χ2n) is 12.9. The van der Waals surface area contributed by atoms with Crippen LogP contribution in [0.3, 0.4) is 0 Å². The number of benzene rings is 3. The molecule has 0 radical (unpaired) electrons. The monoisotopic (exact) mass is 647 g/mol. The number of nitrogens with two attached hydrogens (primary N) is 1. The smallest absolute Gasteiger partial charge is 0.408 e. The first-order chi connectivity index (χ1) is 21.7. The fourth-order valence-corrected chi connectivity index (χ4v) is 5.43. The lowest BCUT2D eigenvalue weighted by molar-refractivity contribution is -0.151. The molecule has 0 unspecified atom stereocenters. The van der Waals surface area contributed by atoms with Crippen molar-refractivity contribution in [2.75, 3.05) is 6.61 Å². The number of nitrogens with zero attached hydrogens (tertiary/aromatic N) is 1. The zero-order valence-corrected chi connectivity index (χ0v) is 27.3. The van der Waals surface area contributed by atoms with E-state index in [-0.39, 0.29) is 36.4 Å². The van der Waals surface area contributed by atoms with Crippen LogP contribution in [0, 0.1) is 5.92 Å². The molecule has 11 heteroatoms. The third-order valence-corrected chi connectivity index (χ3v) is 7.95. The Hall–Kier alpha value is -4.57. The minimum atomic E-state index is -0.939. The lowest BCUT2D eigenvalue weighted by Crippen LogP contribution is -2.47. The van der Waals surface area contributed by atoms with Gasteiger partial charge in [-0.15, -0.1) is 0 Å². The van der Waals surface area contributed by atoms with Crippen LogP contribution in [0.2, 0.25) is 5.02 Å². The van der Waals surface area contributed by atoms with Gasteiger partial charge in [-0.05, 0) is 92.1 Å². The van der Waals surface area contributed by atoms with Crippen molar-refractivity contribution in [3.05, 3.63) is 76.4 Å². The fourth-order valence-electron chi connectivity index (χ4n) is 5.24. The van der Waals surface area contributed by atoms with Gasteiger partial charge in [0.2, 0.25) is 5.78 Å². The van der Waals surface area contributed by atoms with E-state index in [2.05, 4.69) is 5.32 Å². The van der Waals surface area contributed by atoms with Crippen molar-refractivity contribution >= 4 is 57.0 Å². The van der Waals surface area contributed by atoms with Gasteiger partial charge >= 0.3 is 12.1 Å². The number of ketones is 1. The summed E-state index contributed by atoms with van der Waals surface area (Å²) in [6.07, 6.45) is 3.09. The third-order valence-electron chi connectivity index (χ3n) is 7.72. The van der Waals surface area contributed by atoms with Gasteiger partial charge in [-0.3, -0.25) is 9.59 Å². The number of fused-ring (bicyclic) bond motifs is 2. The van der Waals surface area contributed by atoms with E-state index in [0.717, 1.165) is 29.3 Å². The Labute approximate surface area is 272 Å². The van der Waals surface area contributed by atoms with Gasteiger partial charge in [-0.25, -0.2) is 9.59 Å². The fraction of sp³-hybridized carbons (Fsp3) is 0.371. The van der Waals surface area contributed by atoms with Crippen LogP contribution in [0.25, 0.3) is 21.7 Å². The van der Waals surface area contributed by atoms with Gasteiger partial charge in [-0.1, -0.05) is 43.6 Å². The molecule has 1 saturated carbocycles. The van der Waals surface area contributed by atoms with Crippen molar-refractivity contribution < 1.29 is 33.4 Å². The number of Topliss-reactive ketones (excluding diaryl/α,β-unsaturated/α-hetero) is 1. The number of ether oxygens (including phenoxy) is 3. The molecule has 1 fully saturated rings. The Bertz CT molecular complexity index is 1840. The number of amides is 2. The molecule has 1 aromatic heterocycles. The molecule has 0 spiro atoms. The van der Waals surface area contributed by atoms with Crippen molar-refractivity contribution in [3.8, 4) is 5.75 Å². The highest BCUT2D eigenvalue weighted by Crippen LogP contribution is 2.41. The van der Waals surface area contributed by atoms with E-state index in [1.165, 1.54) is 0 Å². The van der Waals surface area contributed by atoms with Crippen LogP contribution in [0.15, 0.2) is 54.7 Å². The van der Waals surface area contributed by atoms with E-state index in [4.69, 9.17) is 31.5 Å². The molecule has 2 amide bonds. The molecular formula is C35H38ClN3O7. The highest BCUT2D eigenvalue weighted by atomic mass is 35.5. The van der Waals surface area contributed by atoms with E-state index in [1.54, 1.807) is 75.7 Å². The van der Waals surface area contributed by atoms with Crippen molar-refractivity contribution in [2.45, 2.75) is 71.8 Å². The molecule has 10 nitrogen and oxygen atoms in total. The van der Waals surface area contributed by atoms with Gasteiger partial charge in [0.25, 0.3) is 5.91 Å². The van der Waals surface area contributed by atoms with Crippen molar-refractivity contribution in [1.82, 2.24) is 9.88 Å². The zero-order valence-electron chi connectivity index (χ0n) is 26.5. The second-order valence-corrected chi connectivity index (χ2v) is 13.4. The molecule has 3 N–H and O–H groups in total. The molecule has 0 bridgehead atoms. The topological polar surface area (TPSA) is 139 Å². The number of aromatic nitrogens is 1. The third kappa shape index (κ3) is 7.62. The van der Waals surface area contributed by atoms with E-state index in [0.29, 0.717) is 27.3 Å². The zero-order chi connectivity index (χ0) is 33.3. The molecule has 4 aromatic rings. The maximum atomic E-state index is 13.6. The highest BCUT2D eigenvalue weighted by molar-refractivity contribution is 6.31. The summed E-state index contributed by atoms with van der Waals surface area (Å²) >= 11 is 6.11. The van der Waals surface area contributed by atoms with Gasteiger partial charge < -0.3 is 29.8 Å². The number of nitrogens with one attached hydrogen (secondary N) is 1. The van der Waals surface area contributed by atoms with Crippen LogP contribution in [-0.4, -0.2) is 46.6 Å². The number of esters is 1. The first-order valence-electron chi connectivity index (χ1n) is 15.2.